The fourth-order valence-corrected chi connectivity index (χ4v) is 1.55. The average molecular weight is 227 g/mol. The number of nitrogens with two attached hydrogens (primary N) is 1. The number of thiazole rings is 1. The highest BCUT2D eigenvalue weighted by atomic mass is 32.1. The lowest BCUT2D eigenvalue weighted by molar-refractivity contribution is 0.731. The van der Waals surface area contributed by atoms with Gasteiger partial charge in [-0.3, -0.25) is 5.43 Å². The van der Waals surface area contributed by atoms with E-state index in [9.17, 15) is 0 Å². The Morgan fingerprint density at radius 3 is 3.13 bits per heavy atom. The SMILES string of the molecule is CCCCNC(=NCc1nccs1)NN. The molecule has 0 aliphatic carbocycles. The number of hydrazine groups is 1. The molecule has 1 heterocycles. The van der Waals surface area contributed by atoms with Gasteiger partial charge in [-0.25, -0.2) is 15.8 Å². The number of guanidine groups is 1. The lowest BCUT2D eigenvalue weighted by Crippen LogP contribution is -2.41. The number of aliphatic imine (C=N–C) groups is 1. The Bertz CT molecular complexity index is 283. The molecule has 1 rings (SSSR count). The number of unbranched alkanes of at least 4 members (excludes halogenated alkanes) is 1. The van der Waals surface area contributed by atoms with Gasteiger partial charge in [0.15, 0.2) is 0 Å². The van der Waals surface area contributed by atoms with Crippen molar-refractivity contribution in [1.82, 2.24) is 15.7 Å². The molecule has 0 unspecified atom stereocenters. The standard InChI is InChI=1S/C9H17N5S/c1-2-3-4-12-9(14-10)13-7-8-11-5-6-15-8/h5-6H,2-4,7,10H2,1H3,(H2,12,13,14). The van der Waals surface area contributed by atoms with Gasteiger partial charge < -0.3 is 5.32 Å². The summed E-state index contributed by atoms with van der Waals surface area (Å²) in [4.78, 5) is 8.41. The summed E-state index contributed by atoms with van der Waals surface area (Å²) in [5.74, 6) is 5.96. The zero-order chi connectivity index (χ0) is 10.9. The Hall–Kier alpha value is -1.14. The molecular weight excluding hydrogens is 210 g/mol. The van der Waals surface area contributed by atoms with Gasteiger partial charge in [0.25, 0.3) is 0 Å². The maximum atomic E-state index is 5.33. The molecule has 0 aromatic carbocycles. The molecule has 6 heteroatoms. The van der Waals surface area contributed by atoms with Crippen LogP contribution in [0.3, 0.4) is 0 Å². The van der Waals surface area contributed by atoms with Crippen molar-refractivity contribution in [1.29, 1.82) is 0 Å². The molecule has 0 atom stereocenters. The van der Waals surface area contributed by atoms with E-state index in [1.165, 1.54) is 0 Å². The van der Waals surface area contributed by atoms with Crippen LogP contribution in [0.2, 0.25) is 0 Å². The van der Waals surface area contributed by atoms with E-state index in [1.807, 2.05) is 5.38 Å². The fraction of sp³-hybridized carbons (Fsp3) is 0.556. The van der Waals surface area contributed by atoms with E-state index >= 15 is 0 Å². The molecule has 0 saturated carbocycles. The average Bonchev–Trinajstić information content (AvgIpc) is 2.76. The highest BCUT2D eigenvalue weighted by molar-refractivity contribution is 7.09. The smallest absolute Gasteiger partial charge is 0.206 e. The molecule has 15 heavy (non-hydrogen) atoms. The minimum atomic E-state index is 0.566. The van der Waals surface area contributed by atoms with Crippen molar-refractivity contribution in [3.63, 3.8) is 0 Å². The molecule has 0 aliphatic heterocycles. The number of nitrogens with zero attached hydrogens (tertiary/aromatic N) is 2. The van der Waals surface area contributed by atoms with Gasteiger partial charge in [0.1, 0.15) is 5.01 Å². The molecular formula is C9H17N5S. The van der Waals surface area contributed by atoms with E-state index in [0.717, 1.165) is 24.4 Å². The summed E-state index contributed by atoms with van der Waals surface area (Å²) in [6.45, 7) is 3.59. The molecule has 0 amide bonds. The van der Waals surface area contributed by atoms with Gasteiger partial charge in [0.2, 0.25) is 5.96 Å². The van der Waals surface area contributed by atoms with Gasteiger partial charge in [0, 0.05) is 18.1 Å². The number of aromatic nitrogens is 1. The normalized spacial score (nSPS) is 11.5. The summed E-state index contributed by atoms with van der Waals surface area (Å²) in [7, 11) is 0. The lowest BCUT2D eigenvalue weighted by atomic mass is 10.3. The van der Waals surface area contributed by atoms with E-state index in [2.05, 4.69) is 27.6 Å². The Morgan fingerprint density at radius 1 is 1.67 bits per heavy atom. The van der Waals surface area contributed by atoms with Gasteiger partial charge in [-0.05, 0) is 6.42 Å². The largest absolute Gasteiger partial charge is 0.355 e. The van der Waals surface area contributed by atoms with Gasteiger partial charge in [-0.2, -0.15) is 0 Å². The number of nitrogens with one attached hydrogen (secondary N) is 2. The van der Waals surface area contributed by atoms with E-state index in [4.69, 9.17) is 5.84 Å². The Labute approximate surface area is 93.8 Å². The third kappa shape index (κ3) is 4.75. The van der Waals surface area contributed by atoms with Gasteiger partial charge in [-0.1, -0.05) is 13.3 Å². The first-order valence-corrected chi connectivity index (χ1v) is 5.88. The van der Waals surface area contributed by atoms with Crippen LogP contribution in [-0.4, -0.2) is 17.5 Å². The van der Waals surface area contributed by atoms with Crippen molar-refractivity contribution >= 4 is 17.3 Å². The molecule has 0 fully saturated rings. The maximum absolute atomic E-state index is 5.33. The van der Waals surface area contributed by atoms with Crippen molar-refractivity contribution in [2.75, 3.05) is 6.54 Å². The highest BCUT2D eigenvalue weighted by Crippen LogP contribution is 2.04. The topological polar surface area (TPSA) is 75.3 Å². The van der Waals surface area contributed by atoms with Crippen LogP contribution in [0.25, 0.3) is 0 Å². The van der Waals surface area contributed by atoms with Gasteiger partial charge in [0.05, 0.1) is 6.54 Å². The van der Waals surface area contributed by atoms with Crippen LogP contribution in [0.15, 0.2) is 16.6 Å². The first-order chi connectivity index (χ1) is 7.36. The van der Waals surface area contributed by atoms with Crippen LogP contribution in [0.5, 0.6) is 0 Å². The van der Waals surface area contributed by atoms with Crippen LogP contribution in [0.1, 0.15) is 24.8 Å². The second-order valence-electron chi connectivity index (χ2n) is 3.02. The van der Waals surface area contributed by atoms with Crippen LogP contribution in [0, 0.1) is 0 Å². The second-order valence-corrected chi connectivity index (χ2v) is 3.99. The van der Waals surface area contributed by atoms with Gasteiger partial charge >= 0.3 is 0 Å². The van der Waals surface area contributed by atoms with Crippen molar-refractivity contribution in [2.45, 2.75) is 26.3 Å². The van der Waals surface area contributed by atoms with Crippen molar-refractivity contribution < 1.29 is 0 Å². The molecule has 0 aliphatic rings. The molecule has 84 valence electrons. The van der Waals surface area contributed by atoms with Crippen LogP contribution < -0.4 is 16.6 Å². The first-order valence-electron chi connectivity index (χ1n) is 5.00. The highest BCUT2D eigenvalue weighted by Gasteiger charge is 1.96. The molecule has 4 N–H and O–H groups in total. The summed E-state index contributed by atoms with van der Waals surface area (Å²) in [5.41, 5.74) is 2.54. The van der Waals surface area contributed by atoms with Crippen LogP contribution in [0.4, 0.5) is 0 Å². The quantitative estimate of drug-likeness (QED) is 0.229. The minimum Gasteiger partial charge on any atom is -0.355 e. The minimum absolute atomic E-state index is 0.566. The van der Waals surface area contributed by atoms with Gasteiger partial charge in [-0.15, -0.1) is 11.3 Å². The number of hydrogen-bond acceptors (Lipinski definition) is 4. The predicted molar refractivity (Wildman–Crippen MR) is 63.5 cm³/mol. The van der Waals surface area contributed by atoms with E-state index in [1.54, 1.807) is 17.5 Å². The third-order valence-corrected chi connectivity index (χ3v) is 2.58. The molecule has 0 radical (unpaired) electrons. The summed E-state index contributed by atoms with van der Waals surface area (Å²) >= 11 is 1.59. The van der Waals surface area contributed by atoms with E-state index in [0.29, 0.717) is 12.5 Å². The summed E-state index contributed by atoms with van der Waals surface area (Å²) in [6.07, 6.45) is 4.03. The van der Waals surface area contributed by atoms with Crippen molar-refractivity contribution in [3.8, 4) is 0 Å². The predicted octanol–water partition coefficient (Wildman–Crippen LogP) is 0.852. The van der Waals surface area contributed by atoms with Crippen LogP contribution in [-0.2, 0) is 6.54 Å². The number of rotatable bonds is 5. The van der Waals surface area contributed by atoms with Crippen LogP contribution >= 0.6 is 11.3 Å². The Kier molecular flexibility index (Phi) is 5.72. The van der Waals surface area contributed by atoms with E-state index in [-0.39, 0.29) is 0 Å². The third-order valence-electron chi connectivity index (χ3n) is 1.82. The monoisotopic (exact) mass is 227 g/mol. The first kappa shape index (κ1) is 11.9. The van der Waals surface area contributed by atoms with E-state index < -0.39 is 0 Å². The number of hydrogen-bond donors (Lipinski definition) is 3. The Balaban J connectivity index is 2.33. The summed E-state index contributed by atoms with van der Waals surface area (Å²) in [5, 5.41) is 6.05. The summed E-state index contributed by atoms with van der Waals surface area (Å²) < 4.78 is 0. The molecule has 0 spiro atoms. The molecule has 1 aromatic heterocycles. The Morgan fingerprint density at radius 2 is 2.53 bits per heavy atom. The zero-order valence-electron chi connectivity index (χ0n) is 8.86. The zero-order valence-corrected chi connectivity index (χ0v) is 9.68. The second kappa shape index (κ2) is 7.19. The molecule has 0 saturated heterocycles. The molecule has 5 nitrogen and oxygen atoms in total. The van der Waals surface area contributed by atoms with Crippen molar-refractivity contribution in [2.24, 2.45) is 10.8 Å². The maximum Gasteiger partial charge on any atom is 0.206 e. The fourth-order valence-electron chi connectivity index (χ4n) is 1.01. The van der Waals surface area contributed by atoms with Crippen molar-refractivity contribution in [3.05, 3.63) is 16.6 Å². The molecule has 0 bridgehead atoms. The molecule has 1 aromatic rings. The summed E-state index contributed by atoms with van der Waals surface area (Å²) in [6, 6.07) is 0. The lowest BCUT2D eigenvalue weighted by Gasteiger charge is -2.07.